The van der Waals surface area contributed by atoms with Gasteiger partial charge < -0.3 is 10.2 Å². The number of benzene rings is 2. The van der Waals surface area contributed by atoms with Crippen molar-refractivity contribution in [3.63, 3.8) is 0 Å². The fourth-order valence-corrected chi connectivity index (χ4v) is 6.00. The summed E-state index contributed by atoms with van der Waals surface area (Å²) >= 11 is 1.61. The Labute approximate surface area is 226 Å². The maximum atomic E-state index is 4.97. The molecule has 0 aliphatic heterocycles. The minimum Gasteiger partial charge on any atom is -0.573 e. The van der Waals surface area contributed by atoms with Crippen LogP contribution in [0, 0.1) is 0 Å². The fourth-order valence-electron chi connectivity index (χ4n) is 6.00. The Morgan fingerprint density at radius 2 is 1.44 bits per heavy atom. The minimum atomic E-state index is -0.468. The van der Waals surface area contributed by atoms with Crippen molar-refractivity contribution < 1.29 is 18.8 Å². The second-order valence-electron chi connectivity index (χ2n) is 9.20. The summed E-state index contributed by atoms with van der Waals surface area (Å²) in [5, 5.41) is 8.98. The molecule has 0 bridgehead atoms. The standard InChI is InChI=1S/C30H23N4.ClH.Pt/c1-4-12-25-22(9-1)23-10-2-5-13-26(23)30(25,20-8-7-17-31-18-20)21-15-16-28(32-19-21)29-24-11-3-6-14-27(24)33-34-29;;/h1-2,4-5,7-10,12-13,15-19H,3,6,11,14H2;1H;/q-1;;+2/p-1. The second kappa shape index (κ2) is 9.76. The summed E-state index contributed by atoms with van der Waals surface area (Å²) in [6.45, 7) is 0. The third kappa shape index (κ3) is 3.50. The second-order valence-corrected chi connectivity index (χ2v) is 9.20. The first-order valence-electron chi connectivity index (χ1n) is 12.1. The molecule has 4 nitrogen and oxygen atoms in total. The third-order valence-electron chi connectivity index (χ3n) is 7.48. The van der Waals surface area contributed by atoms with E-state index in [1.165, 1.54) is 40.7 Å². The molecular weight excluding hydrogens is 647 g/mol. The fraction of sp³-hybridized carbons (Fsp3) is 0.167. The van der Waals surface area contributed by atoms with Gasteiger partial charge in [0, 0.05) is 30.0 Å². The Kier molecular flexibility index (Phi) is 6.33. The summed E-state index contributed by atoms with van der Waals surface area (Å²) in [6.07, 6.45) is 10.3. The number of aromatic nitrogens is 4. The molecule has 2 aliphatic rings. The summed E-state index contributed by atoms with van der Waals surface area (Å²) in [6, 6.07) is 26.0. The van der Waals surface area contributed by atoms with Gasteiger partial charge in [-0.15, -0.1) is 0 Å². The van der Waals surface area contributed by atoms with E-state index >= 15 is 0 Å². The van der Waals surface area contributed by atoms with Crippen molar-refractivity contribution in [2.45, 2.75) is 31.1 Å². The smallest absolute Gasteiger partial charge is 0.0743 e. The number of fused-ring (bicyclic) bond motifs is 4. The van der Waals surface area contributed by atoms with Crippen molar-refractivity contribution in [1.82, 2.24) is 20.2 Å². The molecule has 0 unspecified atom stereocenters. The zero-order chi connectivity index (χ0) is 24.5. The predicted molar refractivity (Wildman–Crippen MR) is 138 cm³/mol. The van der Waals surface area contributed by atoms with E-state index in [0.29, 0.717) is 0 Å². The number of halogens is 1. The first-order valence-corrected chi connectivity index (χ1v) is 14.9. The van der Waals surface area contributed by atoms with E-state index in [9.17, 15) is 0 Å². The van der Waals surface area contributed by atoms with Gasteiger partial charge in [-0.25, -0.2) is 0 Å². The number of rotatable bonds is 3. The molecule has 3 aromatic heterocycles. The summed E-state index contributed by atoms with van der Waals surface area (Å²) in [4.78, 5) is 9.48. The van der Waals surface area contributed by atoms with Crippen molar-refractivity contribution >= 4 is 9.42 Å². The first kappa shape index (κ1) is 23.3. The Balaban J connectivity index is 0.00000117. The van der Waals surface area contributed by atoms with Gasteiger partial charge >= 0.3 is 28.2 Å². The molecule has 0 saturated heterocycles. The van der Waals surface area contributed by atoms with Crippen molar-refractivity contribution in [3.05, 3.63) is 125 Å². The van der Waals surface area contributed by atoms with Crippen molar-refractivity contribution in [2.75, 3.05) is 0 Å². The van der Waals surface area contributed by atoms with Crippen LogP contribution in [0.15, 0.2) is 91.4 Å². The van der Waals surface area contributed by atoms with E-state index in [1.807, 2.05) is 24.7 Å². The largest absolute Gasteiger partial charge is 0.573 e. The summed E-state index contributed by atoms with van der Waals surface area (Å²) in [7, 11) is 4.61. The Hall–Kier alpha value is -3.07. The SMILES string of the molecule is [Cl][Pt+].c1cncc(C2(c3ccc(-c4[n-]nc5c4CCCC5)nc3)c3ccccc3-c3ccccc32)c1. The van der Waals surface area contributed by atoms with Crippen LogP contribution in [0.4, 0.5) is 0 Å². The van der Waals surface area contributed by atoms with Gasteiger partial charge in [0.2, 0.25) is 0 Å². The molecule has 0 fully saturated rings. The molecule has 0 amide bonds. The van der Waals surface area contributed by atoms with Crippen LogP contribution in [-0.4, -0.2) is 15.1 Å². The van der Waals surface area contributed by atoms with Gasteiger partial charge in [0.1, 0.15) is 0 Å². The number of pyridine rings is 2. The molecule has 0 N–H and O–H groups in total. The van der Waals surface area contributed by atoms with Crippen LogP contribution in [0.5, 0.6) is 0 Å². The van der Waals surface area contributed by atoms with Gasteiger partial charge in [-0.1, -0.05) is 66.4 Å². The molecule has 0 radical (unpaired) electrons. The molecule has 6 heteroatoms. The van der Waals surface area contributed by atoms with Crippen LogP contribution >= 0.6 is 9.42 Å². The molecule has 0 atom stereocenters. The molecule has 0 spiro atoms. The molecular formula is C30H23ClN4Pt. The zero-order valence-corrected chi connectivity index (χ0v) is 22.5. The van der Waals surface area contributed by atoms with Crippen LogP contribution in [0.1, 0.15) is 46.4 Å². The number of hydrogen-bond donors (Lipinski definition) is 0. The van der Waals surface area contributed by atoms with Crippen molar-refractivity contribution in [2.24, 2.45) is 0 Å². The Morgan fingerprint density at radius 1 is 0.750 bits per heavy atom. The molecule has 5 aromatic rings. The average Bonchev–Trinajstić information content (AvgIpc) is 3.53. The monoisotopic (exact) mass is 669 g/mol. The van der Waals surface area contributed by atoms with E-state index in [4.69, 9.17) is 4.98 Å². The molecule has 7 rings (SSSR count). The summed E-state index contributed by atoms with van der Waals surface area (Å²) < 4.78 is 0. The summed E-state index contributed by atoms with van der Waals surface area (Å²) in [5.74, 6) is 0. The van der Waals surface area contributed by atoms with Gasteiger partial charge in [-0.05, 0) is 76.8 Å². The van der Waals surface area contributed by atoms with E-state index in [0.717, 1.165) is 41.1 Å². The maximum Gasteiger partial charge on any atom is 0.0743 e. The average molecular weight is 670 g/mol. The molecule has 2 aliphatic carbocycles. The number of hydrogen-bond acceptors (Lipinski definition) is 3. The Morgan fingerprint density at radius 3 is 2.11 bits per heavy atom. The van der Waals surface area contributed by atoms with Gasteiger partial charge in [-0.2, -0.15) is 0 Å². The number of aryl methyl sites for hydroxylation is 1. The van der Waals surface area contributed by atoms with Crippen LogP contribution in [0.2, 0.25) is 0 Å². The Bertz CT molecular complexity index is 1470. The molecule has 3 heterocycles. The maximum absolute atomic E-state index is 4.97. The topological polar surface area (TPSA) is 52.8 Å². The van der Waals surface area contributed by atoms with Crippen LogP contribution in [0.25, 0.3) is 22.5 Å². The normalized spacial score (nSPS) is 14.8. The van der Waals surface area contributed by atoms with E-state index < -0.39 is 5.41 Å². The zero-order valence-electron chi connectivity index (χ0n) is 19.5. The van der Waals surface area contributed by atoms with E-state index in [1.54, 1.807) is 18.8 Å². The number of nitrogens with zero attached hydrogens (tertiary/aromatic N) is 4. The van der Waals surface area contributed by atoms with Crippen molar-refractivity contribution in [3.8, 4) is 22.5 Å². The predicted octanol–water partition coefficient (Wildman–Crippen LogP) is 6.42. The van der Waals surface area contributed by atoms with Gasteiger partial charge in [0.05, 0.1) is 5.41 Å². The van der Waals surface area contributed by atoms with Crippen molar-refractivity contribution in [1.29, 1.82) is 0 Å². The van der Waals surface area contributed by atoms with Crippen LogP contribution < -0.4 is 5.10 Å². The molecule has 36 heavy (non-hydrogen) atoms. The van der Waals surface area contributed by atoms with Crippen LogP contribution in [0.3, 0.4) is 0 Å². The molecule has 2 aromatic carbocycles. The first-order chi connectivity index (χ1) is 17.9. The minimum absolute atomic E-state index is 0.468. The van der Waals surface area contributed by atoms with Gasteiger partial charge in [-0.3, -0.25) is 9.97 Å². The van der Waals surface area contributed by atoms with Gasteiger partial charge in [0.15, 0.2) is 0 Å². The van der Waals surface area contributed by atoms with E-state index in [2.05, 4.69) is 91.3 Å². The third-order valence-corrected chi connectivity index (χ3v) is 7.48. The van der Waals surface area contributed by atoms with Crippen LogP contribution in [-0.2, 0) is 37.0 Å². The quantitative estimate of drug-likeness (QED) is 0.218. The summed E-state index contributed by atoms with van der Waals surface area (Å²) in [5.41, 5.74) is 11.2. The van der Waals surface area contributed by atoms with Gasteiger partial charge in [0.25, 0.3) is 0 Å². The van der Waals surface area contributed by atoms with E-state index in [-0.39, 0.29) is 0 Å². The molecule has 0 saturated carbocycles. The molecule has 180 valence electrons.